The number of amides is 2. The Hall–Kier alpha value is -3.07. The second kappa shape index (κ2) is 11.0. The first-order valence-corrected chi connectivity index (χ1v) is 10.7. The Kier molecular flexibility index (Phi) is 8.10. The van der Waals surface area contributed by atoms with E-state index >= 15 is 0 Å². The van der Waals surface area contributed by atoms with Crippen LogP contribution in [0.25, 0.3) is 0 Å². The number of carbonyl (C=O) groups is 3. The molecular formula is C23H31N3O6. The van der Waals surface area contributed by atoms with Gasteiger partial charge in [-0.15, -0.1) is 6.58 Å². The smallest absolute Gasteiger partial charge is 0.410 e. The zero-order valence-corrected chi connectivity index (χ0v) is 18.6. The molecule has 1 aromatic rings. The number of ether oxygens (including phenoxy) is 3. The normalized spacial score (nSPS) is 23.4. The van der Waals surface area contributed by atoms with Gasteiger partial charge in [-0.3, -0.25) is 14.5 Å². The number of carbonyl (C=O) groups excluding carboxylic acids is 3. The molecule has 1 aromatic carbocycles. The molecule has 3 rings (SSSR count). The Balaban J connectivity index is 1.78. The lowest BCUT2D eigenvalue weighted by molar-refractivity contribution is -0.160. The highest BCUT2D eigenvalue weighted by molar-refractivity contribution is 5.91. The molecule has 0 N–H and O–H groups in total. The topological polar surface area (TPSA) is 88.6 Å². The predicted molar refractivity (Wildman–Crippen MR) is 118 cm³/mol. The van der Waals surface area contributed by atoms with Crippen LogP contribution in [0.5, 0.6) is 0 Å². The fourth-order valence-corrected chi connectivity index (χ4v) is 4.36. The van der Waals surface area contributed by atoms with Crippen molar-refractivity contribution in [3.05, 3.63) is 43.0 Å². The number of piperidine rings is 1. The fourth-order valence-electron chi connectivity index (χ4n) is 4.36. The molecule has 2 aliphatic heterocycles. The third-order valence-corrected chi connectivity index (χ3v) is 5.96. The second-order valence-corrected chi connectivity index (χ2v) is 7.82. The Labute approximate surface area is 188 Å². The van der Waals surface area contributed by atoms with Crippen molar-refractivity contribution in [1.29, 1.82) is 0 Å². The summed E-state index contributed by atoms with van der Waals surface area (Å²) in [5, 5.41) is 0. The van der Waals surface area contributed by atoms with Gasteiger partial charge in [0.1, 0.15) is 6.04 Å². The summed E-state index contributed by atoms with van der Waals surface area (Å²) in [7, 11) is 2.53. The van der Waals surface area contributed by atoms with Gasteiger partial charge in [0.25, 0.3) is 0 Å². The van der Waals surface area contributed by atoms with E-state index in [1.165, 1.54) is 19.1 Å². The van der Waals surface area contributed by atoms with Crippen LogP contribution in [0.4, 0.5) is 10.5 Å². The zero-order valence-electron chi connectivity index (χ0n) is 18.6. The highest BCUT2D eigenvalue weighted by Crippen LogP contribution is 2.29. The molecule has 0 unspecified atom stereocenters. The fraction of sp³-hybridized carbons (Fsp3) is 0.522. The minimum Gasteiger partial charge on any atom is -0.469 e. The maximum atomic E-state index is 13.6. The molecule has 3 atom stereocenters. The minimum atomic E-state index is -0.998. The maximum absolute atomic E-state index is 13.6. The van der Waals surface area contributed by atoms with E-state index in [9.17, 15) is 14.4 Å². The number of esters is 1. The Morgan fingerprint density at radius 1 is 1.06 bits per heavy atom. The highest BCUT2D eigenvalue weighted by atomic mass is 16.5. The third kappa shape index (κ3) is 5.21. The molecule has 32 heavy (non-hydrogen) atoms. The lowest BCUT2D eigenvalue weighted by atomic mass is 9.86. The molecule has 0 bridgehead atoms. The quantitative estimate of drug-likeness (QED) is 0.485. The number of likely N-dealkylation sites (tertiary alicyclic amines) is 1. The average molecular weight is 446 g/mol. The third-order valence-electron chi connectivity index (χ3n) is 5.96. The van der Waals surface area contributed by atoms with Gasteiger partial charge in [0.15, 0.2) is 0 Å². The number of hydrogen-bond donors (Lipinski definition) is 0. The number of piperazine rings is 1. The summed E-state index contributed by atoms with van der Waals surface area (Å²) in [4.78, 5) is 44.0. The van der Waals surface area contributed by atoms with Crippen LogP contribution in [0.2, 0.25) is 0 Å². The Bertz CT molecular complexity index is 783. The van der Waals surface area contributed by atoms with Crippen molar-refractivity contribution in [1.82, 2.24) is 9.80 Å². The van der Waals surface area contributed by atoms with Crippen LogP contribution in [-0.4, -0.2) is 93.5 Å². The average Bonchev–Trinajstić information content (AvgIpc) is 2.86. The molecule has 0 saturated carbocycles. The molecule has 174 valence electrons. The van der Waals surface area contributed by atoms with Gasteiger partial charge in [-0.05, 0) is 18.6 Å². The van der Waals surface area contributed by atoms with E-state index in [1.807, 2.05) is 30.3 Å². The summed E-state index contributed by atoms with van der Waals surface area (Å²) in [6.07, 6.45) is 0.760. The molecule has 9 heteroatoms. The summed E-state index contributed by atoms with van der Waals surface area (Å²) >= 11 is 0. The minimum absolute atomic E-state index is 0.147. The number of nitrogens with zero attached hydrogens (tertiary/aromatic N) is 3. The van der Waals surface area contributed by atoms with Crippen molar-refractivity contribution >= 4 is 23.7 Å². The molecule has 0 spiro atoms. The summed E-state index contributed by atoms with van der Waals surface area (Å²) in [5.74, 6) is -1.67. The monoisotopic (exact) mass is 445 g/mol. The first-order valence-electron chi connectivity index (χ1n) is 10.7. The van der Waals surface area contributed by atoms with Gasteiger partial charge in [0.05, 0.1) is 39.4 Å². The Morgan fingerprint density at radius 3 is 2.34 bits per heavy atom. The van der Waals surface area contributed by atoms with Crippen molar-refractivity contribution in [2.45, 2.75) is 18.6 Å². The molecule has 0 aromatic heterocycles. The van der Waals surface area contributed by atoms with Crippen LogP contribution in [0, 0.1) is 5.92 Å². The van der Waals surface area contributed by atoms with Gasteiger partial charge in [0, 0.05) is 31.9 Å². The molecule has 2 saturated heterocycles. The van der Waals surface area contributed by atoms with Crippen LogP contribution in [-0.2, 0) is 23.8 Å². The number of methoxy groups -OCH3 is 2. The molecule has 2 aliphatic rings. The van der Waals surface area contributed by atoms with E-state index in [2.05, 4.69) is 11.5 Å². The highest BCUT2D eigenvalue weighted by Gasteiger charge is 2.49. The summed E-state index contributed by atoms with van der Waals surface area (Å²) in [6.45, 7) is 6.35. The molecule has 0 aliphatic carbocycles. The van der Waals surface area contributed by atoms with Crippen molar-refractivity contribution in [2.24, 2.45) is 5.92 Å². The van der Waals surface area contributed by atoms with Crippen LogP contribution in [0.1, 0.15) is 6.42 Å². The van der Waals surface area contributed by atoms with Crippen molar-refractivity contribution in [3.8, 4) is 0 Å². The van der Waals surface area contributed by atoms with Crippen LogP contribution >= 0.6 is 0 Å². The SMILES string of the molecule is C=CCO[C@H]1C[C@H](C(=O)OC)[C@@H](C(=O)N2CCN(c3ccccc3)CC2)N(C(=O)OC)C1. The maximum Gasteiger partial charge on any atom is 0.410 e. The van der Waals surface area contributed by atoms with Crippen LogP contribution in [0.3, 0.4) is 0 Å². The Morgan fingerprint density at radius 2 is 1.75 bits per heavy atom. The summed E-state index contributed by atoms with van der Waals surface area (Å²) < 4.78 is 15.6. The number of para-hydroxylation sites is 1. The molecule has 2 fully saturated rings. The van der Waals surface area contributed by atoms with Gasteiger partial charge in [-0.25, -0.2) is 4.79 Å². The number of benzene rings is 1. The first kappa shape index (κ1) is 23.6. The van der Waals surface area contributed by atoms with Gasteiger partial charge in [0.2, 0.25) is 5.91 Å². The van der Waals surface area contributed by atoms with Crippen molar-refractivity contribution in [3.63, 3.8) is 0 Å². The molecule has 9 nitrogen and oxygen atoms in total. The van der Waals surface area contributed by atoms with Crippen molar-refractivity contribution in [2.75, 3.05) is 58.5 Å². The number of hydrogen-bond acceptors (Lipinski definition) is 7. The zero-order chi connectivity index (χ0) is 23.1. The summed E-state index contributed by atoms with van der Waals surface area (Å²) in [6, 6.07) is 9.00. The molecule has 2 heterocycles. The summed E-state index contributed by atoms with van der Waals surface area (Å²) in [5.41, 5.74) is 1.10. The predicted octanol–water partition coefficient (Wildman–Crippen LogP) is 1.54. The molecule has 0 radical (unpaired) electrons. The second-order valence-electron chi connectivity index (χ2n) is 7.82. The lowest BCUT2D eigenvalue weighted by Gasteiger charge is -2.44. The van der Waals surface area contributed by atoms with E-state index < -0.39 is 30.1 Å². The molecular weight excluding hydrogens is 414 g/mol. The molecule has 2 amide bonds. The van der Waals surface area contributed by atoms with Gasteiger partial charge < -0.3 is 24.0 Å². The van der Waals surface area contributed by atoms with E-state index in [0.717, 1.165) is 5.69 Å². The van der Waals surface area contributed by atoms with Crippen LogP contribution in [0.15, 0.2) is 43.0 Å². The van der Waals surface area contributed by atoms with Gasteiger partial charge in [-0.2, -0.15) is 0 Å². The van der Waals surface area contributed by atoms with Gasteiger partial charge >= 0.3 is 12.1 Å². The van der Waals surface area contributed by atoms with E-state index in [1.54, 1.807) is 11.0 Å². The van der Waals surface area contributed by atoms with E-state index in [-0.39, 0.29) is 25.5 Å². The number of rotatable bonds is 6. The van der Waals surface area contributed by atoms with Crippen LogP contribution < -0.4 is 4.90 Å². The largest absolute Gasteiger partial charge is 0.469 e. The number of anilines is 1. The lowest BCUT2D eigenvalue weighted by Crippen LogP contribution is -2.63. The van der Waals surface area contributed by atoms with Gasteiger partial charge in [-0.1, -0.05) is 24.3 Å². The van der Waals surface area contributed by atoms with E-state index in [0.29, 0.717) is 26.2 Å². The van der Waals surface area contributed by atoms with Crippen molar-refractivity contribution < 1.29 is 28.6 Å². The standard InChI is InChI=1S/C23H31N3O6/c1-4-14-32-18-15-19(22(28)30-2)20(26(16-18)23(29)31-3)21(27)25-12-10-24(11-13-25)17-8-6-5-7-9-17/h4-9,18-20H,1,10-16H2,2-3H3/t18-,19-,20-/m0/s1. The first-order chi connectivity index (χ1) is 15.5. The van der Waals surface area contributed by atoms with E-state index in [4.69, 9.17) is 14.2 Å².